The summed E-state index contributed by atoms with van der Waals surface area (Å²) in [5.41, 5.74) is 6.24. The Hall–Kier alpha value is -1.18. The van der Waals surface area contributed by atoms with E-state index in [4.69, 9.17) is 5.73 Å². The van der Waals surface area contributed by atoms with Crippen LogP contribution < -0.4 is 5.73 Å². The lowest BCUT2D eigenvalue weighted by Gasteiger charge is -2.20. The molecule has 6 nitrogen and oxygen atoms in total. The Labute approximate surface area is 119 Å². The third-order valence-electron chi connectivity index (χ3n) is 3.62. The first-order chi connectivity index (χ1) is 8.93. The Bertz CT molecular complexity index is 509. The minimum absolute atomic E-state index is 0.101. The highest BCUT2D eigenvalue weighted by Crippen LogP contribution is 2.41. The van der Waals surface area contributed by atoms with Gasteiger partial charge in [0, 0.05) is 18.7 Å². The average molecular weight is 330 g/mol. The van der Waals surface area contributed by atoms with Crippen molar-refractivity contribution in [3.8, 4) is 5.75 Å². The van der Waals surface area contributed by atoms with Crippen LogP contribution in [0.3, 0.4) is 0 Å². The van der Waals surface area contributed by atoms with Gasteiger partial charge in [-0.1, -0.05) is 0 Å². The number of benzene rings is 1. The summed E-state index contributed by atoms with van der Waals surface area (Å²) in [7, 11) is 1.98. The number of hydrogen-bond donors (Lipinski definition) is 2. The number of aromatic hydroxyl groups is 1. The van der Waals surface area contributed by atoms with Gasteiger partial charge in [0.25, 0.3) is 0 Å². The first-order valence-electron chi connectivity index (χ1n) is 6.01. The molecule has 2 unspecified atom stereocenters. The molecule has 1 heterocycles. The fraction of sp³-hybridized carbons (Fsp3) is 0.500. The summed E-state index contributed by atoms with van der Waals surface area (Å²) < 4.78 is 0.348. The van der Waals surface area contributed by atoms with Gasteiger partial charge in [0.15, 0.2) is 0 Å². The summed E-state index contributed by atoms with van der Waals surface area (Å²) >= 11 is 3.17. The van der Waals surface area contributed by atoms with Gasteiger partial charge in [-0.3, -0.25) is 15.0 Å². The number of phenols is 1. The van der Waals surface area contributed by atoms with Crippen LogP contribution in [0, 0.1) is 16.0 Å². The zero-order valence-corrected chi connectivity index (χ0v) is 12.1. The second-order valence-corrected chi connectivity index (χ2v) is 5.77. The van der Waals surface area contributed by atoms with Crippen LogP contribution in [0.4, 0.5) is 5.69 Å². The molecule has 0 bridgehead atoms. The van der Waals surface area contributed by atoms with Gasteiger partial charge >= 0.3 is 5.69 Å². The molecule has 1 aromatic carbocycles. The number of rotatable bonds is 3. The number of nitro benzene ring substituents is 1. The first kappa shape index (κ1) is 14.2. The second kappa shape index (κ2) is 5.44. The van der Waals surface area contributed by atoms with Gasteiger partial charge in [-0.05, 0) is 53.5 Å². The third-order valence-corrected chi connectivity index (χ3v) is 4.22. The summed E-state index contributed by atoms with van der Waals surface area (Å²) in [5.74, 6) is 0.0754. The number of nitro groups is 1. The molecule has 0 aliphatic carbocycles. The van der Waals surface area contributed by atoms with Crippen LogP contribution in [0.25, 0.3) is 0 Å². The Morgan fingerprint density at radius 3 is 2.84 bits per heavy atom. The van der Waals surface area contributed by atoms with E-state index in [1.165, 1.54) is 6.07 Å². The van der Waals surface area contributed by atoms with Crippen molar-refractivity contribution in [2.45, 2.75) is 12.5 Å². The highest BCUT2D eigenvalue weighted by molar-refractivity contribution is 9.10. The average Bonchev–Trinajstić information content (AvgIpc) is 2.73. The monoisotopic (exact) mass is 329 g/mol. The van der Waals surface area contributed by atoms with Gasteiger partial charge in [0.05, 0.1) is 9.40 Å². The SMILES string of the molecule is CN1CC(CN)CC1c1cc(Br)c(O)c([N+](=O)[O-])c1. The topological polar surface area (TPSA) is 92.6 Å². The fourth-order valence-corrected chi connectivity index (χ4v) is 3.07. The standard InChI is InChI=1S/C12H16BrN3O3/c1-15-6-7(5-14)2-10(15)8-3-9(13)12(17)11(4-8)16(18)19/h3-4,7,10,17H,2,5-6,14H2,1H3. The Kier molecular flexibility index (Phi) is 4.07. The lowest BCUT2D eigenvalue weighted by molar-refractivity contribution is -0.386. The van der Waals surface area contributed by atoms with E-state index in [1.54, 1.807) is 6.07 Å². The summed E-state index contributed by atoms with van der Waals surface area (Å²) in [6.07, 6.45) is 0.876. The summed E-state index contributed by atoms with van der Waals surface area (Å²) in [6, 6.07) is 3.28. The molecule has 104 valence electrons. The third kappa shape index (κ3) is 2.72. The molecule has 0 amide bonds. The highest BCUT2D eigenvalue weighted by Gasteiger charge is 2.31. The van der Waals surface area contributed by atoms with Crippen molar-refractivity contribution < 1.29 is 10.0 Å². The maximum absolute atomic E-state index is 10.9. The molecule has 1 aliphatic heterocycles. The second-order valence-electron chi connectivity index (χ2n) is 4.92. The lowest BCUT2D eigenvalue weighted by Crippen LogP contribution is -2.20. The van der Waals surface area contributed by atoms with Gasteiger partial charge in [-0.2, -0.15) is 0 Å². The van der Waals surface area contributed by atoms with E-state index in [-0.39, 0.29) is 17.5 Å². The molecule has 0 radical (unpaired) electrons. The maximum Gasteiger partial charge on any atom is 0.312 e. The number of phenolic OH excluding ortho intramolecular Hbond substituents is 1. The van der Waals surface area contributed by atoms with Crippen molar-refractivity contribution in [1.82, 2.24) is 4.90 Å². The number of nitrogens with two attached hydrogens (primary N) is 1. The maximum atomic E-state index is 10.9. The van der Waals surface area contributed by atoms with Crippen molar-refractivity contribution in [1.29, 1.82) is 0 Å². The molecule has 0 saturated carbocycles. The quantitative estimate of drug-likeness (QED) is 0.653. The first-order valence-corrected chi connectivity index (χ1v) is 6.80. The predicted molar refractivity (Wildman–Crippen MR) is 75.0 cm³/mol. The summed E-state index contributed by atoms with van der Waals surface area (Å²) in [5, 5.41) is 20.6. The predicted octanol–water partition coefficient (Wildman–Crippen LogP) is 2.01. The molecule has 0 aromatic heterocycles. The summed E-state index contributed by atoms with van der Waals surface area (Å²) in [6.45, 7) is 1.50. The van der Waals surface area contributed by atoms with E-state index in [0.717, 1.165) is 18.5 Å². The van der Waals surface area contributed by atoms with E-state index in [2.05, 4.69) is 20.8 Å². The zero-order chi connectivity index (χ0) is 14.2. The number of likely N-dealkylation sites (tertiary alicyclic amines) is 1. The number of hydrogen-bond acceptors (Lipinski definition) is 5. The van der Waals surface area contributed by atoms with Gasteiger partial charge in [0.1, 0.15) is 0 Å². The van der Waals surface area contributed by atoms with Crippen LogP contribution in [-0.4, -0.2) is 35.1 Å². The Morgan fingerprint density at radius 2 is 2.32 bits per heavy atom. The molecule has 2 rings (SSSR count). The van der Waals surface area contributed by atoms with Gasteiger partial charge < -0.3 is 10.8 Å². The van der Waals surface area contributed by atoms with E-state index in [1.807, 2.05) is 7.05 Å². The van der Waals surface area contributed by atoms with E-state index >= 15 is 0 Å². The minimum Gasteiger partial charge on any atom is -0.501 e. The molecule has 7 heteroatoms. The molecular weight excluding hydrogens is 314 g/mol. The van der Waals surface area contributed by atoms with Crippen molar-refractivity contribution in [2.75, 3.05) is 20.1 Å². The van der Waals surface area contributed by atoms with E-state index in [9.17, 15) is 15.2 Å². The van der Waals surface area contributed by atoms with Gasteiger partial charge in [-0.25, -0.2) is 0 Å². The Morgan fingerprint density at radius 1 is 1.63 bits per heavy atom. The van der Waals surface area contributed by atoms with Crippen molar-refractivity contribution in [2.24, 2.45) is 11.7 Å². The molecule has 1 aromatic rings. The Balaban J connectivity index is 2.38. The van der Waals surface area contributed by atoms with Crippen molar-refractivity contribution >= 4 is 21.6 Å². The largest absolute Gasteiger partial charge is 0.501 e. The molecule has 3 N–H and O–H groups in total. The van der Waals surface area contributed by atoms with Crippen molar-refractivity contribution in [3.63, 3.8) is 0 Å². The van der Waals surface area contributed by atoms with Crippen LogP contribution in [0.2, 0.25) is 0 Å². The fourth-order valence-electron chi connectivity index (χ4n) is 2.60. The van der Waals surface area contributed by atoms with E-state index < -0.39 is 4.92 Å². The molecule has 1 saturated heterocycles. The van der Waals surface area contributed by atoms with Crippen LogP contribution in [0.5, 0.6) is 5.75 Å². The normalized spacial score (nSPS) is 23.7. The van der Waals surface area contributed by atoms with Crippen LogP contribution in [-0.2, 0) is 0 Å². The zero-order valence-electron chi connectivity index (χ0n) is 10.5. The van der Waals surface area contributed by atoms with Crippen LogP contribution in [0.1, 0.15) is 18.0 Å². The summed E-state index contributed by atoms with van der Waals surface area (Å²) in [4.78, 5) is 12.5. The number of nitrogens with zero attached hydrogens (tertiary/aromatic N) is 2. The lowest BCUT2D eigenvalue weighted by atomic mass is 9.99. The molecule has 2 atom stereocenters. The van der Waals surface area contributed by atoms with Crippen molar-refractivity contribution in [3.05, 3.63) is 32.3 Å². The number of halogens is 1. The smallest absolute Gasteiger partial charge is 0.312 e. The molecule has 19 heavy (non-hydrogen) atoms. The van der Waals surface area contributed by atoms with Gasteiger partial charge in [-0.15, -0.1) is 0 Å². The molecular formula is C12H16BrN3O3. The molecule has 0 spiro atoms. The highest BCUT2D eigenvalue weighted by atomic mass is 79.9. The van der Waals surface area contributed by atoms with Gasteiger partial charge in [0.2, 0.25) is 5.75 Å². The molecule has 1 fully saturated rings. The van der Waals surface area contributed by atoms with E-state index in [0.29, 0.717) is 16.9 Å². The van der Waals surface area contributed by atoms with Crippen LogP contribution in [0.15, 0.2) is 16.6 Å². The minimum atomic E-state index is -0.570. The molecule has 1 aliphatic rings. The van der Waals surface area contributed by atoms with Crippen LogP contribution >= 0.6 is 15.9 Å².